The fourth-order valence-electron chi connectivity index (χ4n) is 8.01. The zero-order valence-electron chi connectivity index (χ0n) is 34.0. The van der Waals surface area contributed by atoms with Crippen molar-refractivity contribution in [2.45, 2.75) is 108 Å². The summed E-state index contributed by atoms with van der Waals surface area (Å²) in [5.41, 5.74) is 1.43. The van der Waals surface area contributed by atoms with Gasteiger partial charge in [-0.05, 0) is 62.5 Å². The lowest BCUT2D eigenvalue weighted by Crippen LogP contribution is -2.59. The second kappa shape index (κ2) is 20.9. The number of carbonyl (C=O) groups excluding carboxylic acids is 8. The van der Waals surface area contributed by atoms with Crippen molar-refractivity contribution < 1.29 is 43.5 Å². The summed E-state index contributed by atoms with van der Waals surface area (Å²) in [5.74, 6) is -5.82. The quantitative estimate of drug-likeness (QED) is 0.224. The van der Waals surface area contributed by atoms with Gasteiger partial charge in [-0.25, -0.2) is 0 Å². The van der Waals surface area contributed by atoms with Crippen LogP contribution in [0.3, 0.4) is 0 Å². The number of hydrogen-bond donors (Lipinski definition) is 6. The third-order valence-corrected chi connectivity index (χ3v) is 11.1. The van der Waals surface area contributed by atoms with Gasteiger partial charge in [0.05, 0.1) is 13.2 Å². The lowest BCUT2D eigenvalue weighted by Gasteiger charge is -2.30. The van der Waals surface area contributed by atoms with E-state index >= 15 is 0 Å². The summed E-state index contributed by atoms with van der Waals surface area (Å²) in [6.07, 6.45) is 1.60. The van der Waals surface area contributed by atoms with Crippen LogP contribution in [0, 0.1) is 11.8 Å². The van der Waals surface area contributed by atoms with E-state index in [2.05, 4.69) is 26.6 Å². The Balaban J connectivity index is 1.46. The summed E-state index contributed by atoms with van der Waals surface area (Å²) in [4.78, 5) is 113. The molecule has 3 heterocycles. The van der Waals surface area contributed by atoms with E-state index in [0.717, 1.165) is 5.56 Å². The van der Waals surface area contributed by atoms with E-state index in [1.54, 1.807) is 60.7 Å². The summed E-state index contributed by atoms with van der Waals surface area (Å²) in [6, 6.07) is 11.2. The molecule has 16 nitrogen and oxygen atoms in total. The normalized spacial score (nSPS) is 27.2. The largest absolute Gasteiger partial charge is 0.394 e. The van der Waals surface area contributed by atoms with E-state index in [1.807, 2.05) is 13.8 Å². The molecule has 3 aliphatic rings. The van der Waals surface area contributed by atoms with Crippen molar-refractivity contribution >= 4 is 47.1 Å². The van der Waals surface area contributed by atoms with Gasteiger partial charge in [0.15, 0.2) is 5.78 Å². The summed E-state index contributed by atoms with van der Waals surface area (Å²) in [7, 11) is 0. The fraction of sp³-hybridized carbons (Fsp3) is 0.535. The highest BCUT2D eigenvalue weighted by molar-refractivity contribution is 5.98. The molecule has 2 aromatic rings. The Kier molecular flexibility index (Phi) is 15.7. The smallest absolute Gasteiger partial charge is 0.245 e. The number of nitrogens with zero attached hydrogens (tertiary/aromatic N) is 2. The number of nitrogens with one attached hydrogen (secondary N) is 5. The number of hydrogen-bond acceptors (Lipinski definition) is 9. The molecule has 3 saturated heterocycles. The molecule has 2 aromatic carbocycles. The van der Waals surface area contributed by atoms with Crippen LogP contribution < -0.4 is 26.6 Å². The van der Waals surface area contributed by atoms with Crippen LogP contribution in [0.25, 0.3) is 0 Å². The van der Waals surface area contributed by atoms with Crippen molar-refractivity contribution in [3.05, 3.63) is 71.8 Å². The van der Waals surface area contributed by atoms with Crippen LogP contribution in [0.2, 0.25) is 0 Å². The number of benzene rings is 2. The van der Waals surface area contributed by atoms with Gasteiger partial charge >= 0.3 is 0 Å². The van der Waals surface area contributed by atoms with Crippen molar-refractivity contribution in [2.24, 2.45) is 11.8 Å². The molecule has 318 valence electrons. The molecule has 7 amide bonds. The zero-order valence-corrected chi connectivity index (χ0v) is 34.0. The maximum atomic E-state index is 14.0. The molecule has 5 rings (SSSR count). The average molecular weight is 816 g/mol. The van der Waals surface area contributed by atoms with Crippen LogP contribution in [0.4, 0.5) is 0 Å². The maximum Gasteiger partial charge on any atom is 0.245 e. The minimum atomic E-state index is -1.44. The van der Waals surface area contributed by atoms with Crippen LogP contribution >= 0.6 is 0 Å². The predicted molar refractivity (Wildman–Crippen MR) is 216 cm³/mol. The van der Waals surface area contributed by atoms with Crippen LogP contribution in [0.1, 0.15) is 70.4 Å². The van der Waals surface area contributed by atoms with E-state index < -0.39 is 109 Å². The highest BCUT2D eigenvalue weighted by atomic mass is 16.3. The molecule has 6 N–H and O–H groups in total. The number of Topliss-reactive ketones (excluding diaryl/α,β-unsaturated/α-hetero) is 1. The van der Waals surface area contributed by atoms with Crippen LogP contribution in [0.15, 0.2) is 60.7 Å². The van der Waals surface area contributed by atoms with Crippen LogP contribution in [-0.4, -0.2) is 125 Å². The van der Waals surface area contributed by atoms with E-state index in [-0.39, 0.29) is 38.3 Å². The highest BCUT2D eigenvalue weighted by Crippen LogP contribution is 2.22. The zero-order chi connectivity index (χ0) is 42.6. The van der Waals surface area contributed by atoms with Crippen molar-refractivity contribution in [2.75, 3.05) is 26.2 Å². The van der Waals surface area contributed by atoms with Crippen LogP contribution in [0.5, 0.6) is 0 Å². The molecule has 0 unspecified atom stereocenters. The Labute approximate surface area is 344 Å². The molecule has 0 saturated carbocycles. The number of carbonyl (C=O) groups is 8. The fourth-order valence-corrected chi connectivity index (χ4v) is 8.01. The molecule has 59 heavy (non-hydrogen) atoms. The monoisotopic (exact) mass is 815 g/mol. The lowest BCUT2D eigenvalue weighted by atomic mass is 9.91. The molecule has 0 bridgehead atoms. The van der Waals surface area contributed by atoms with E-state index in [4.69, 9.17) is 0 Å². The first-order valence-electron chi connectivity index (χ1n) is 20.6. The molecule has 0 radical (unpaired) electrons. The average Bonchev–Trinajstić information content (AvgIpc) is 3.92. The van der Waals surface area contributed by atoms with E-state index in [9.17, 15) is 43.5 Å². The van der Waals surface area contributed by atoms with Crippen molar-refractivity contribution in [1.82, 2.24) is 36.4 Å². The molecule has 0 aromatic heterocycles. The summed E-state index contributed by atoms with van der Waals surface area (Å²) >= 11 is 0. The van der Waals surface area contributed by atoms with E-state index in [1.165, 1.54) is 16.7 Å². The molecule has 3 fully saturated rings. The number of aliphatic hydroxyl groups is 1. The SMILES string of the molecule is CC(C)C[C@@H]1NC(=O)[C@@H]2CCCN2C(=O)CNC(=O)[C@H](Cc2ccccc2)CC(=O)[C@@H](CO)NC(=O)[C@H](Cc2ccccc2)NC(=O)[C@H]2CCCN2C(=O)[C@H](C)NC1=O. The van der Waals surface area contributed by atoms with Gasteiger partial charge in [-0.3, -0.25) is 38.4 Å². The van der Waals surface area contributed by atoms with Gasteiger partial charge in [-0.1, -0.05) is 74.5 Å². The van der Waals surface area contributed by atoms with Gasteiger partial charge in [0.25, 0.3) is 0 Å². The number of aliphatic hydroxyl groups excluding tert-OH is 1. The first-order chi connectivity index (χ1) is 28.2. The van der Waals surface area contributed by atoms with Crippen molar-refractivity contribution in [1.29, 1.82) is 0 Å². The van der Waals surface area contributed by atoms with Gasteiger partial charge < -0.3 is 41.5 Å². The molecular weight excluding hydrogens is 759 g/mol. The Hall–Kier alpha value is -5.64. The Bertz CT molecular complexity index is 1840. The molecular formula is C43H57N7O9. The summed E-state index contributed by atoms with van der Waals surface area (Å²) in [6.45, 7) is 4.49. The number of fused-ring (bicyclic) bond motifs is 2. The Morgan fingerprint density at radius 1 is 0.644 bits per heavy atom. The number of rotatable bonds is 7. The standard InChI is InChI=1S/C43H57N7O9/c1-26(2)20-31-39(55)45-27(3)43(59)50-19-11-17-35(50)42(58)47-32(22-29-14-8-5-9-15-29)40(56)48-33(25-51)36(52)23-30(21-28-12-6-4-7-13-28)38(54)44-24-37(53)49-18-10-16-34(49)41(57)46-31/h4-9,12-15,26-27,30-35,51H,10-11,16-25H2,1-3H3,(H,44,54)(H,45,55)(H,46,57)(H,47,58)(H,48,56)/t27-,30+,31-,32-,33+,34-,35+/m0/s1. The second-order valence-electron chi connectivity index (χ2n) is 16.1. The third-order valence-electron chi connectivity index (χ3n) is 11.1. The Morgan fingerprint density at radius 2 is 1.17 bits per heavy atom. The predicted octanol–water partition coefficient (Wildman–Crippen LogP) is 0.157. The minimum Gasteiger partial charge on any atom is -0.394 e. The first kappa shape index (κ1) is 44.5. The summed E-state index contributed by atoms with van der Waals surface area (Å²) in [5, 5.41) is 23.9. The van der Waals surface area contributed by atoms with E-state index in [0.29, 0.717) is 31.2 Å². The van der Waals surface area contributed by atoms with Crippen LogP contribution in [-0.2, 0) is 51.2 Å². The van der Waals surface area contributed by atoms with Gasteiger partial charge in [0.2, 0.25) is 41.4 Å². The van der Waals surface area contributed by atoms with Gasteiger partial charge in [-0.2, -0.15) is 0 Å². The second-order valence-corrected chi connectivity index (χ2v) is 16.1. The lowest BCUT2D eigenvalue weighted by molar-refractivity contribution is -0.142. The molecule has 16 heteroatoms. The molecule has 7 atom stereocenters. The molecule has 0 spiro atoms. The Morgan fingerprint density at radius 3 is 1.76 bits per heavy atom. The van der Waals surface area contributed by atoms with Gasteiger partial charge in [0, 0.05) is 31.8 Å². The van der Waals surface area contributed by atoms with Gasteiger partial charge in [-0.15, -0.1) is 0 Å². The minimum absolute atomic E-state index is 0.0196. The van der Waals surface area contributed by atoms with Crippen molar-refractivity contribution in [3.8, 4) is 0 Å². The maximum absolute atomic E-state index is 14.0. The number of amides is 7. The first-order valence-corrected chi connectivity index (χ1v) is 20.6. The van der Waals surface area contributed by atoms with Gasteiger partial charge in [0.1, 0.15) is 36.3 Å². The molecule has 0 aliphatic carbocycles. The summed E-state index contributed by atoms with van der Waals surface area (Å²) < 4.78 is 0. The van der Waals surface area contributed by atoms with Crippen molar-refractivity contribution in [3.63, 3.8) is 0 Å². The highest BCUT2D eigenvalue weighted by Gasteiger charge is 2.40. The number of ketones is 1. The molecule has 3 aliphatic heterocycles. The topological polar surface area (TPSA) is 223 Å². The third kappa shape index (κ3) is 12.0.